The summed E-state index contributed by atoms with van der Waals surface area (Å²) < 4.78 is 0. The summed E-state index contributed by atoms with van der Waals surface area (Å²) >= 11 is 0. The number of carboxylic acid groups (broad SMARTS) is 1. The molecular formula is C13H26N4O4. The third-order valence-corrected chi connectivity index (χ3v) is 3.55. The van der Waals surface area contributed by atoms with Crippen molar-refractivity contribution in [3.63, 3.8) is 0 Å². The zero-order chi connectivity index (χ0) is 16.0. The first-order valence-electron chi connectivity index (χ1n) is 7.14. The van der Waals surface area contributed by atoms with Crippen molar-refractivity contribution in [3.05, 3.63) is 0 Å². The summed E-state index contributed by atoms with van der Waals surface area (Å²) in [5.74, 6) is -1.23. The van der Waals surface area contributed by atoms with Gasteiger partial charge in [-0.2, -0.15) is 0 Å². The Kier molecular flexibility index (Phi) is 6.86. The maximum atomic E-state index is 12.0. The highest BCUT2D eigenvalue weighted by atomic mass is 16.4. The molecule has 1 fully saturated rings. The third kappa shape index (κ3) is 5.86. The lowest BCUT2D eigenvalue weighted by molar-refractivity contribution is -0.141. The number of aliphatic carboxylic acids is 1. The molecule has 2 amide bonds. The molecule has 3 N–H and O–H groups in total. The van der Waals surface area contributed by atoms with Crippen LogP contribution >= 0.6 is 0 Å². The summed E-state index contributed by atoms with van der Waals surface area (Å²) in [6.45, 7) is 5.93. The average molecular weight is 302 g/mol. The normalized spacial score (nSPS) is 19.4. The van der Waals surface area contributed by atoms with Crippen LogP contribution in [-0.4, -0.2) is 102 Å². The highest BCUT2D eigenvalue weighted by molar-refractivity contribution is 5.83. The van der Waals surface area contributed by atoms with Crippen LogP contribution in [0.1, 0.15) is 6.92 Å². The summed E-state index contributed by atoms with van der Waals surface area (Å²) in [5.41, 5.74) is 0. The molecule has 1 rings (SSSR count). The molecule has 0 saturated carbocycles. The largest absolute Gasteiger partial charge is 0.480 e. The Balaban J connectivity index is 2.39. The first-order valence-corrected chi connectivity index (χ1v) is 7.14. The van der Waals surface area contributed by atoms with E-state index < -0.39 is 24.1 Å². The second kappa shape index (κ2) is 8.16. The molecule has 2 unspecified atom stereocenters. The zero-order valence-electron chi connectivity index (χ0n) is 12.9. The molecule has 0 bridgehead atoms. The molecule has 0 aromatic rings. The molecule has 0 radical (unpaired) electrons. The number of amides is 2. The molecule has 8 heteroatoms. The minimum atomic E-state index is -1.27. The summed E-state index contributed by atoms with van der Waals surface area (Å²) in [5, 5.41) is 20.7. The van der Waals surface area contributed by atoms with Gasteiger partial charge >= 0.3 is 12.0 Å². The lowest BCUT2D eigenvalue weighted by Crippen LogP contribution is -2.57. The Bertz CT molecular complexity index is 354. The predicted octanol–water partition coefficient (Wildman–Crippen LogP) is -1.29. The summed E-state index contributed by atoms with van der Waals surface area (Å²) in [7, 11) is 4.04. The van der Waals surface area contributed by atoms with Crippen LogP contribution < -0.4 is 5.32 Å². The van der Waals surface area contributed by atoms with E-state index in [1.165, 1.54) is 6.92 Å². The van der Waals surface area contributed by atoms with E-state index in [1.807, 2.05) is 14.1 Å². The fraction of sp³-hybridized carbons (Fsp3) is 0.846. The highest BCUT2D eigenvalue weighted by Crippen LogP contribution is 2.03. The van der Waals surface area contributed by atoms with Crippen LogP contribution in [0.3, 0.4) is 0 Å². The third-order valence-electron chi connectivity index (χ3n) is 3.55. The fourth-order valence-electron chi connectivity index (χ4n) is 2.13. The lowest BCUT2D eigenvalue weighted by Gasteiger charge is -2.35. The molecule has 122 valence electrons. The van der Waals surface area contributed by atoms with Crippen LogP contribution in [-0.2, 0) is 4.79 Å². The van der Waals surface area contributed by atoms with Gasteiger partial charge in [0.05, 0.1) is 6.10 Å². The van der Waals surface area contributed by atoms with Gasteiger partial charge in [-0.15, -0.1) is 0 Å². The van der Waals surface area contributed by atoms with Gasteiger partial charge in [0.25, 0.3) is 0 Å². The van der Waals surface area contributed by atoms with E-state index in [-0.39, 0.29) is 0 Å². The molecule has 2 atom stereocenters. The molecule has 1 aliphatic rings. The number of carboxylic acids is 1. The van der Waals surface area contributed by atoms with Crippen LogP contribution in [0.5, 0.6) is 0 Å². The van der Waals surface area contributed by atoms with Gasteiger partial charge in [0.15, 0.2) is 6.04 Å². The number of aliphatic hydroxyl groups excluding tert-OH is 1. The molecule has 1 aliphatic heterocycles. The number of aliphatic hydroxyl groups is 1. The van der Waals surface area contributed by atoms with Crippen LogP contribution in [0.2, 0.25) is 0 Å². The lowest BCUT2D eigenvalue weighted by atomic mass is 10.2. The van der Waals surface area contributed by atoms with Gasteiger partial charge in [0, 0.05) is 39.3 Å². The maximum absolute atomic E-state index is 12.0. The van der Waals surface area contributed by atoms with Gasteiger partial charge < -0.3 is 25.3 Å². The van der Waals surface area contributed by atoms with Crippen molar-refractivity contribution in [2.24, 2.45) is 0 Å². The number of nitrogens with zero attached hydrogens (tertiary/aromatic N) is 3. The summed E-state index contributed by atoms with van der Waals surface area (Å²) in [6.07, 6.45) is -1.13. The molecule has 1 saturated heterocycles. The van der Waals surface area contributed by atoms with Crippen molar-refractivity contribution in [3.8, 4) is 0 Å². The average Bonchev–Trinajstić information content (AvgIpc) is 2.42. The molecule has 0 aromatic carbocycles. The predicted molar refractivity (Wildman–Crippen MR) is 78.2 cm³/mol. The SMILES string of the molecule is CC(O)C(NC(=O)N1CCN(CCN(C)C)CC1)C(=O)O. The number of urea groups is 1. The summed E-state index contributed by atoms with van der Waals surface area (Å²) in [6, 6.07) is -1.71. The molecule has 0 aliphatic carbocycles. The standard InChI is InChI=1S/C13H26N4O4/c1-10(18)11(12(19)20)14-13(21)17-8-6-16(7-9-17)5-4-15(2)3/h10-11,18H,4-9H2,1-3H3,(H,14,21)(H,19,20). The second-order valence-corrected chi connectivity index (χ2v) is 5.64. The molecule has 8 nitrogen and oxygen atoms in total. The minimum absolute atomic E-state index is 0.435. The number of carbonyl (C=O) groups is 2. The van der Waals surface area contributed by atoms with Crippen molar-refractivity contribution in [1.29, 1.82) is 0 Å². The number of likely N-dealkylation sites (N-methyl/N-ethyl adjacent to an activating group) is 1. The number of piperazine rings is 1. The van der Waals surface area contributed by atoms with Crippen molar-refractivity contribution < 1.29 is 19.8 Å². The van der Waals surface area contributed by atoms with Crippen LogP contribution in [0, 0.1) is 0 Å². The van der Waals surface area contributed by atoms with E-state index in [0.29, 0.717) is 13.1 Å². The molecule has 0 spiro atoms. The maximum Gasteiger partial charge on any atom is 0.328 e. The number of nitrogens with one attached hydrogen (secondary N) is 1. The number of hydrogen-bond acceptors (Lipinski definition) is 5. The quantitative estimate of drug-likeness (QED) is 0.565. The fourth-order valence-corrected chi connectivity index (χ4v) is 2.13. The van der Waals surface area contributed by atoms with Crippen molar-refractivity contribution >= 4 is 12.0 Å². The van der Waals surface area contributed by atoms with Gasteiger partial charge in [-0.25, -0.2) is 9.59 Å². The van der Waals surface area contributed by atoms with E-state index >= 15 is 0 Å². The van der Waals surface area contributed by atoms with Crippen molar-refractivity contribution in [2.45, 2.75) is 19.1 Å². The first kappa shape index (κ1) is 17.7. The van der Waals surface area contributed by atoms with Crippen LogP contribution in [0.4, 0.5) is 4.79 Å². The highest BCUT2D eigenvalue weighted by Gasteiger charge is 2.28. The van der Waals surface area contributed by atoms with E-state index in [1.54, 1.807) is 4.90 Å². The van der Waals surface area contributed by atoms with Gasteiger partial charge in [-0.3, -0.25) is 4.90 Å². The van der Waals surface area contributed by atoms with Gasteiger partial charge in [0.2, 0.25) is 0 Å². The zero-order valence-corrected chi connectivity index (χ0v) is 12.9. The first-order chi connectivity index (χ1) is 9.81. The van der Waals surface area contributed by atoms with E-state index in [2.05, 4.69) is 15.1 Å². The monoisotopic (exact) mass is 302 g/mol. The Hall–Kier alpha value is -1.38. The molecular weight excluding hydrogens is 276 g/mol. The Morgan fingerprint density at radius 2 is 1.81 bits per heavy atom. The Labute approximate surface area is 125 Å². The number of hydrogen-bond donors (Lipinski definition) is 3. The van der Waals surface area contributed by atoms with Crippen LogP contribution in [0.15, 0.2) is 0 Å². The van der Waals surface area contributed by atoms with E-state index in [4.69, 9.17) is 5.11 Å². The van der Waals surface area contributed by atoms with Crippen molar-refractivity contribution in [2.75, 3.05) is 53.4 Å². The smallest absolute Gasteiger partial charge is 0.328 e. The van der Waals surface area contributed by atoms with Gasteiger partial charge in [-0.1, -0.05) is 0 Å². The molecule has 21 heavy (non-hydrogen) atoms. The molecule has 1 heterocycles. The minimum Gasteiger partial charge on any atom is -0.480 e. The van der Waals surface area contributed by atoms with E-state index in [0.717, 1.165) is 26.2 Å². The Morgan fingerprint density at radius 1 is 1.24 bits per heavy atom. The molecule has 0 aromatic heterocycles. The number of carbonyl (C=O) groups excluding carboxylic acids is 1. The number of rotatable bonds is 6. The topological polar surface area (TPSA) is 96.4 Å². The Morgan fingerprint density at radius 3 is 2.24 bits per heavy atom. The second-order valence-electron chi connectivity index (χ2n) is 5.64. The van der Waals surface area contributed by atoms with Crippen LogP contribution in [0.25, 0.3) is 0 Å². The van der Waals surface area contributed by atoms with E-state index in [9.17, 15) is 14.7 Å². The summed E-state index contributed by atoms with van der Waals surface area (Å²) in [4.78, 5) is 28.9. The van der Waals surface area contributed by atoms with Gasteiger partial charge in [-0.05, 0) is 21.0 Å². The van der Waals surface area contributed by atoms with Crippen molar-refractivity contribution in [1.82, 2.24) is 20.0 Å². The van der Waals surface area contributed by atoms with Gasteiger partial charge in [0.1, 0.15) is 0 Å².